The molecule has 3 aliphatic carbocycles. The first-order valence-electron chi connectivity index (χ1n) is 11.7. The average molecular weight is 462 g/mol. The molecule has 176 valence electrons. The normalized spacial score (nSPS) is 28.4. The SMILES string of the molecule is CCCN1C(=O)[C@H]2[C@H](CC=C3[C@H](c4ccc(OC)cc4O)C4=C(C[C@H]32)C(=O)C(C)=CC4=O)C1=O. The van der Waals surface area contributed by atoms with Crippen LogP contribution in [0.25, 0.3) is 0 Å². The molecule has 1 aromatic rings. The average Bonchev–Trinajstić information content (AvgIpc) is 3.06. The Morgan fingerprint density at radius 3 is 2.56 bits per heavy atom. The Balaban J connectivity index is 1.68. The minimum Gasteiger partial charge on any atom is -0.507 e. The Labute approximate surface area is 197 Å². The number of aromatic hydroxyl groups is 1. The van der Waals surface area contributed by atoms with Gasteiger partial charge in [-0.2, -0.15) is 0 Å². The molecule has 0 aromatic heterocycles. The highest BCUT2D eigenvalue weighted by Gasteiger charge is 2.56. The topological polar surface area (TPSA) is 101 Å². The van der Waals surface area contributed by atoms with Gasteiger partial charge in [0.2, 0.25) is 11.8 Å². The summed E-state index contributed by atoms with van der Waals surface area (Å²) in [5, 5.41) is 10.9. The zero-order chi connectivity index (χ0) is 24.3. The van der Waals surface area contributed by atoms with E-state index in [2.05, 4.69) is 0 Å². The molecule has 0 saturated carbocycles. The van der Waals surface area contributed by atoms with Gasteiger partial charge in [0.25, 0.3) is 0 Å². The maximum Gasteiger partial charge on any atom is 0.233 e. The van der Waals surface area contributed by atoms with Crippen molar-refractivity contribution in [3.63, 3.8) is 0 Å². The number of benzene rings is 1. The number of allylic oxidation sites excluding steroid dienone is 6. The molecule has 34 heavy (non-hydrogen) atoms. The Morgan fingerprint density at radius 1 is 1.12 bits per heavy atom. The van der Waals surface area contributed by atoms with Crippen LogP contribution < -0.4 is 4.74 Å². The number of carbonyl (C=O) groups excluding carboxylic acids is 4. The molecule has 1 fully saturated rings. The number of amides is 2. The van der Waals surface area contributed by atoms with Gasteiger partial charge in [0.1, 0.15) is 11.5 Å². The van der Waals surface area contributed by atoms with Crippen LogP contribution in [-0.4, -0.2) is 47.0 Å². The van der Waals surface area contributed by atoms with Gasteiger partial charge in [-0.15, -0.1) is 0 Å². The number of imide groups is 1. The monoisotopic (exact) mass is 461 g/mol. The van der Waals surface area contributed by atoms with Crippen molar-refractivity contribution in [1.29, 1.82) is 0 Å². The third-order valence-electron chi connectivity index (χ3n) is 7.65. The maximum absolute atomic E-state index is 13.4. The van der Waals surface area contributed by atoms with Crippen molar-refractivity contribution >= 4 is 23.4 Å². The third kappa shape index (κ3) is 3.10. The summed E-state index contributed by atoms with van der Waals surface area (Å²) in [6, 6.07) is 4.88. The van der Waals surface area contributed by atoms with Crippen molar-refractivity contribution in [3.05, 3.63) is 58.2 Å². The van der Waals surface area contributed by atoms with Crippen LogP contribution in [0.1, 0.15) is 44.6 Å². The van der Waals surface area contributed by atoms with E-state index in [9.17, 15) is 24.3 Å². The molecule has 4 aliphatic rings. The van der Waals surface area contributed by atoms with E-state index in [1.54, 1.807) is 19.1 Å². The third-order valence-corrected chi connectivity index (χ3v) is 7.65. The lowest BCUT2D eigenvalue weighted by Gasteiger charge is -2.42. The molecular weight excluding hydrogens is 434 g/mol. The first-order valence-corrected chi connectivity index (χ1v) is 11.7. The Kier molecular flexibility index (Phi) is 5.30. The summed E-state index contributed by atoms with van der Waals surface area (Å²) in [7, 11) is 1.50. The minimum absolute atomic E-state index is 0.0483. The number of rotatable bonds is 4. The van der Waals surface area contributed by atoms with Crippen LogP contribution >= 0.6 is 0 Å². The lowest BCUT2D eigenvalue weighted by Crippen LogP contribution is -2.39. The largest absolute Gasteiger partial charge is 0.507 e. The Hall–Kier alpha value is -3.48. The van der Waals surface area contributed by atoms with Crippen LogP contribution in [0.3, 0.4) is 0 Å². The molecule has 1 N–H and O–H groups in total. The number of fused-ring (bicyclic) bond motifs is 3. The van der Waals surface area contributed by atoms with Crippen molar-refractivity contribution in [3.8, 4) is 11.5 Å². The standard InChI is InChI=1S/C27H27NO6/c1-4-9-28-26(32)17-8-7-15-18(23(17)27(28)33)12-19-24(21(30)10-13(2)25(19)31)22(15)16-6-5-14(34-3)11-20(16)29/h5-7,10-11,17-18,22-23,29H,4,8-9,12H2,1-3H3/t17-,18+,22+,23-/m0/s1. The first kappa shape index (κ1) is 22.3. The van der Waals surface area contributed by atoms with Crippen LogP contribution in [0.15, 0.2) is 52.6 Å². The number of nitrogens with zero attached hydrogens (tertiary/aromatic N) is 1. The predicted molar refractivity (Wildman–Crippen MR) is 123 cm³/mol. The first-order chi connectivity index (χ1) is 16.3. The number of phenols is 1. The quantitative estimate of drug-likeness (QED) is 0.420. The summed E-state index contributed by atoms with van der Waals surface area (Å²) in [5.74, 6) is -2.47. The number of carbonyl (C=O) groups is 4. The van der Waals surface area contributed by atoms with Gasteiger partial charge in [0.05, 0.1) is 18.9 Å². The van der Waals surface area contributed by atoms with Gasteiger partial charge in [-0.1, -0.05) is 24.6 Å². The molecular formula is C27H27NO6. The zero-order valence-electron chi connectivity index (χ0n) is 19.5. The molecule has 7 nitrogen and oxygen atoms in total. The molecule has 0 bridgehead atoms. The molecule has 0 unspecified atom stereocenters. The lowest BCUT2D eigenvalue weighted by atomic mass is 9.59. The van der Waals surface area contributed by atoms with E-state index in [0.717, 1.165) is 5.57 Å². The van der Waals surface area contributed by atoms with E-state index in [1.807, 2.05) is 13.0 Å². The van der Waals surface area contributed by atoms with Gasteiger partial charge in [-0.25, -0.2) is 0 Å². The van der Waals surface area contributed by atoms with Gasteiger partial charge in [0, 0.05) is 40.8 Å². The second-order valence-corrected chi connectivity index (χ2v) is 9.48. The molecule has 1 saturated heterocycles. The number of likely N-dealkylation sites (tertiary alicyclic amines) is 1. The van der Waals surface area contributed by atoms with Crippen LogP contribution in [0.2, 0.25) is 0 Å². The van der Waals surface area contributed by atoms with Gasteiger partial charge in [-0.3, -0.25) is 24.1 Å². The molecule has 0 radical (unpaired) electrons. The predicted octanol–water partition coefficient (Wildman–Crippen LogP) is 3.24. The number of hydrogen-bond donors (Lipinski definition) is 1. The smallest absolute Gasteiger partial charge is 0.233 e. The molecule has 4 atom stereocenters. The fourth-order valence-electron chi connectivity index (χ4n) is 6.14. The summed E-state index contributed by atoms with van der Waals surface area (Å²) >= 11 is 0. The molecule has 1 aliphatic heterocycles. The van der Waals surface area contributed by atoms with Crippen LogP contribution in [0, 0.1) is 17.8 Å². The summed E-state index contributed by atoms with van der Waals surface area (Å²) in [4.78, 5) is 54.2. The van der Waals surface area contributed by atoms with E-state index >= 15 is 0 Å². The van der Waals surface area contributed by atoms with Gasteiger partial charge >= 0.3 is 0 Å². The maximum atomic E-state index is 13.4. The summed E-state index contributed by atoms with van der Waals surface area (Å²) in [6.07, 6.45) is 4.62. The number of phenolic OH excluding ortho intramolecular Hbond substituents is 1. The molecule has 1 aromatic carbocycles. The number of ether oxygens (including phenoxy) is 1. The van der Waals surface area contributed by atoms with E-state index in [1.165, 1.54) is 24.2 Å². The highest BCUT2D eigenvalue weighted by Crippen LogP contribution is 2.56. The fourth-order valence-corrected chi connectivity index (χ4v) is 6.14. The molecule has 1 heterocycles. The van der Waals surface area contributed by atoms with Gasteiger partial charge in [0.15, 0.2) is 11.6 Å². The van der Waals surface area contributed by atoms with E-state index < -0.39 is 17.8 Å². The Bertz CT molecular complexity index is 1240. The van der Waals surface area contributed by atoms with Crippen LogP contribution in [0.4, 0.5) is 0 Å². The number of methoxy groups -OCH3 is 1. The summed E-state index contributed by atoms with van der Waals surface area (Å²) in [6.45, 7) is 3.92. The zero-order valence-corrected chi connectivity index (χ0v) is 19.5. The summed E-state index contributed by atoms with van der Waals surface area (Å²) in [5.41, 5.74) is 2.43. The lowest BCUT2D eigenvalue weighted by molar-refractivity contribution is -0.140. The van der Waals surface area contributed by atoms with Gasteiger partial charge in [-0.05, 0) is 44.2 Å². The fraction of sp³-hybridized carbons (Fsp3) is 0.407. The highest BCUT2D eigenvalue weighted by molar-refractivity contribution is 6.23. The van der Waals surface area contributed by atoms with Crippen molar-refractivity contribution in [1.82, 2.24) is 4.90 Å². The minimum atomic E-state index is -0.662. The number of hydrogen-bond acceptors (Lipinski definition) is 6. The second-order valence-electron chi connectivity index (χ2n) is 9.48. The Morgan fingerprint density at radius 2 is 1.88 bits per heavy atom. The van der Waals surface area contributed by atoms with Crippen LogP contribution in [0.5, 0.6) is 11.5 Å². The second kappa shape index (κ2) is 8.08. The molecule has 2 amide bonds. The van der Waals surface area contributed by atoms with Crippen molar-refractivity contribution in [2.24, 2.45) is 17.8 Å². The highest BCUT2D eigenvalue weighted by atomic mass is 16.5. The van der Waals surface area contributed by atoms with Crippen LogP contribution in [-0.2, 0) is 19.2 Å². The van der Waals surface area contributed by atoms with Gasteiger partial charge < -0.3 is 9.84 Å². The summed E-state index contributed by atoms with van der Waals surface area (Å²) < 4.78 is 5.22. The molecule has 7 heteroatoms. The van der Waals surface area contributed by atoms with Crippen molar-refractivity contribution < 1.29 is 29.0 Å². The van der Waals surface area contributed by atoms with Crippen molar-refractivity contribution in [2.75, 3.05) is 13.7 Å². The molecule has 5 rings (SSSR count). The number of Topliss-reactive ketones (excluding diaryl/α,β-unsaturated/α-hetero) is 1. The van der Waals surface area contributed by atoms with Crippen molar-refractivity contribution in [2.45, 2.75) is 39.0 Å². The van der Waals surface area contributed by atoms with E-state index in [-0.39, 0.29) is 41.5 Å². The van der Waals surface area contributed by atoms with E-state index in [0.29, 0.717) is 47.4 Å². The van der Waals surface area contributed by atoms with E-state index in [4.69, 9.17) is 4.74 Å². The number of ketones is 2. The molecule has 0 spiro atoms.